The highest BCUT2D eigenvalue weighted by atomic mass is 32.2. The molecule has 1 heterocycles. The van der Waals surface area contributed by atoms with Crippen LogP contribution in [-0.2, 0) is 5.54 Å². The Morgan fingerprint density at radius 2 is 2.16 bits per heavy atom. The molecule has 0 aliphatic heterocycles. The fraction of sp³-hybridized carbons (Fsp3) is 0.286. The van der Waals surface area contributed by atoms with Crippen LogP contribution in [0.2, 0.25) is 0 Å². The van der Waals surface area contributed by atoms with E-state index in [0.29, 0.717) is 17.4 Å². The van der Waals surface area contributed by atoms with Gasteiger partial charge in [-0.3, -0.25) is 0 Å². The van der Waals surface area contributed by atoms with Crippen LogP contribution in [0.5, 0.6) is 0 Å². The number of hydrogen-bond acceptors (Lipinski definition) is 5. The number of nitrogens with two attached hydrogens (primary N) is 1. The minimum absolute atomic E-state index is 0.541. The molecule has 1 unspecified atom stereocenters. The van der Waals surface area contributed by atoms with E-state index in [-0.39, 0.29) is 0 Å². The zero-order valence-corrected chi connectivity index (χ0v) is 11.5. The fourth-order valence-corrected chi connectivity index (χ4v) is 2.62. The third-order valence-corrected chi connectivity index (χ3v) is 3.65. The van der Waals surface area contributed by atoms with Crippen LogP contribution in [0.15, 0.2) is 46.2 Å². The first-order chi connectivity index (χ1) is 9.14. The van der Waals surface area contributed by atoms with Gasteiger partial charge < -0.3 is 10.2 Å². The van der Waals surface area contributed by atoms with Gasteiger partial charge in [0.1, 0.15) is 11.8 Å². The van der Waals surface area contributed by atoms with E-state index in [2.05, 4.69) is 11.1 Å². The third-order valence-electron chi connectivity index (χ3n) is 2.81. The predicted octanol–water partition coefficient (Wildman–Crippen LogP) is 2.84. The number of benzene rings is 1. The molecule has 1 aromatic carbocycles. The van der Waals surface area contributed by atoms with Crippen molar-refractivity contribution in [3.63, 3.8) is 0 Å². The Bertz CT molecular complexity index is 576. The smallest absolute Gasteiger partial charge is 0.255 e. The van der Waals surface area contributed by atoms with E-state index in [1.54, 1.807) is 6.26 Å². The van der Waals surface area contributed by atoms with Crippen LogP contribution >= 0.6 is 11.8 Å². The van der Waals surface area contributed by atoms with Crippen LogP contribution in [0.25, 0.3) is 0 Å². The summed E-state index contributed by atoms with van der Waals surface area (Å²) < 4.78 is 5.25. The van der Waals surface area contributed by atoms with E-state index in [9.17, 15) is 5.26 Å². The SMILES string of the molecule is Cc1coc(SCCC(N)(C#N)c2ccccc2)n1. The van der Waals surface area contributed by atoms with E-state index in [0.717, 1.165) is 11.3 Å². The number of thioether (sulfide) groups is 1. The molecule has 2 aromatic rings. The molecule has 1 atom stereocenters. The van der Waals surface area contributed by atoms with Gasteiger partial charge in [0.2, 0.25) is 0 Å². The summed E-state index contributed by atoms with van der Waals surface area (Å²) in [6.07, 6.45) is 2.15. The van der Waals surface area contributed by atoms with Crippen LogP contribution in [-0.4, -0.2) is 10.7 Å². The minimum atomic E-state index is -0.962. The maximum absolute atomic E-state index is 9.32. The number of nitrogens with zero attached hydrogens (tertiary/aromatic N) is 2. The number of aromatic nitrogens is 1. The molecule has 0 spiro atoms. The highest BCUT2D eigenvalue weighted by Crippen LogP contribution is 2.26. The van der Waals surface area contributed by atoms with Crippen molar-refractivity contribution in [1.82, 2.24) is 4.98 Å². The van der Waals surface area contributed by atoms with E-state index < -0.39 is 5.54 Å². The summed E-state index contributed by atoms with van der Waals surface area (Å²) in [7, 11) is 0. The second-order valence-electron chi connectivity index (χ2n) is 4.30. The zero-order valence-electron chi connectivity index (χ0n) is 10.7. The Kier molecular flexibility index (Phi) is 4.25. The van der Waals surface area contributed by atoms with Crippen LogP contribution in [0, 0.1) is 18.3 Å². The number of aryl methyl sites for hydroxylation is 1. The maximum Gasteiger partial charge on any atom is 0.255 e. The van der Waals surface area contributed by atoms with Crippen molar-refractivity contribution in [2.45, 2.75) is 24.1 Å². The molecule has 5 heteroatoms. The van der Waals surface area contributed by atoms with Gasteiger partial charge >= 0.3 is 0 Å². The molecule has 2 N–H and O–H groups in total. The summed E-state index contributed by atoms with van der Waals surface area (Å²) in [5.74, 6) is 0.679. The molecule has 0 aliphatic rings. The first kappa shape index (κ1) is 13.7. The molecule has 0 radical (unpaired) electrons. The lowest BCUT2D eigenvalue weighted by Gasteiger charge is -2.21. The molecule has 0 amide bonds. The van der Waals surface area contributed by atoms with Gasteiger partial charge in [-0.25, -0.2) is 4.98 Å². The number of nitriles is 1. The van der Waals surface area contributed by atoms with Crippen LogP contribution in [0.1, 0.15) is 17.7 Å². The lowest BCUT2D eigenvalue weighted by atomic mass is 9.90. The predicted molar refractivity (Wildman–Crippen MR) is 74.5 cm³/mol. The molecule has 19 heavy (non-hydrogen) atoms. The maximum atomic E-state index is 9.32. The van der Waals surface area contributed by atoms with E-state index in [1.165, 1.54) is 11.8 Å². The second kappa shape index (κ2) is 5.91. The van der Waals surface area contributed by atoms with Crippen molar-refractivity contribution in [2.75, 3.05) is 5.75 Å². The van der Waals surface area contributed by atoms with Gasteiger partial charge in [-0.15, -0.1) is 0 Å². The Morgan fingerprint density at radius 3 is 2.74 bits per heavy atom. The molecule has 2 rings (SSSR count). The molecular weight excluding hydrogens is 258 g/mol. The van der Waals surface area contributed by atoms with Crippen LogP contribution in [0.3, 0.4) is 0 Å². The molecule has 4 nitrogen and oxygen atoms in total. The number of oxazole rings is 1. The van der Waals surface area contributed by atoms with Gasteiger partial charge in [0, 0.05) is 5.75 Å². The summed E-state index contributed by atoms with van der Waals surface area (Å²) in [5, 5.41) is 9.93. The highest BCUT2D eigenvalue weighted by molar-refractivity contribution is 7.99. The molecule has 98 valence electrons. The van der Waals surface area contributed by atoms with E-state index in [1.807, 2.05) is 37.3 Å². The molecule has 0 aliphatic carbocycles. The zero-order chi connectivity index (χ0) is 13.7. The van der Waals surface area contributed by atoms with Crippen molar-refractivity contribution in [3.05, 3.63) is 47.9 Å². The molecular formula is C14H15N3OS. The Balaban J connectivity index is 1.98. The number of hydrogen-bond donors (Lipinski definition) is 1. The third kappa shape index (κ3) is 3.37. The average Bonchev–Trinajstić information content (AvgIpc) is 2.85. The lowest BCUT2D eigenvalue weighted by molar-refractivity contribution is 0.453. The van der Waals surface area contributed by atoms with Crippen LogP contribution in [0.4, 0.5) is 0 Å². The van der Waals surface area contributed by atoms with Gasteiger partial charge in [0.25, 0.3) is 5.22 Å². The first-order valence-electron chi connectivity index (χ1n) is 5.95. The minimum Gasteiger partial charge on any atom is -0.440 e. The van der Waals surface area contributed by atoms with E-state index in [4.69, 9.17) is 10.2 Å². The molecule has 0 saturated heterocycles. The second-order valence-corrected chi connectivity index (χ2v) is 5.35. The summed E-state index contributed by atoms with van der Waals surface area (Å²) in [4.78, 5) is 4.20. The quantitative estimate of drug-likeness (QED) is 0.848. The van der Waals surface area contributed by atoms with E-state index >= 15 is 0 Å². The van der Waals surface area contributed by atoms with Gasteiger partial charge in [-0.1, -0.05) is 42.1 Å². The van der Waals surface area contributed by atoms with Crippen LogP contribution < -0.4 is 5.73 Å². The van der Waals surface area contributed by atoms with Crippen molar-refractivity contribution >= 4 is 11.8 Å². The Morgan fingerprint density at radius 1 is 1.42 bits per heavy atom. The fourth-order valence-electron chi connectivity index (χ4n) is 1.70. The summed E-state index contributed by atoms with van der Waals surface area (Å²) in [6, 6.07) is 11.6. The summed E-state index contributed by atoms with van der Waals surface area (Å²) in [6.45, 7) is 1.88. The standard InChI is InChI=1S/C14H15N3OS/c1-11-9-18-13(17-11)19-8-7-14(16,10-15)12-5-3-2-4-6-12/h2-6,9H,7-8,16H2,1H3. The summed E-state index contributed by atoms with van der Waals surface area (Å²) in [5.41, 5.74) is 6.89. The number of rotatable bonds is 5. The Hall–Kier alpha value is -1.77. The van der Waals surface area contributed by atoms with Crippen molar-refractivity contribution in [2.24, 2.45) is 5.73 Å². The normalized spacial score (nSPS) is 13.7. The Labute approximate surface area is 116 Å². The highest BCUT2D eigenvalue weighted by Gasteiger charge is 2.26. The monoisotopic (exact) mass is 273 g/mol. The van der Waals surface area contributed by atoms with Crippen molar-refractivity contribution < 1.29 is 4.42 Å². The first-order valence-corrected chi connectivity index (χ1v) is 6.93. The van der Waals surface area contributed by atoms with Gasteiger partial charge in [0.15, 0.2) is 0 Å². The summed E-state index contributed by atoms with van der Waals surface area (Å²) >= 11 is 1.47. The average molecular weight is 273 g/mol. The molecule has 0 bridgehead atoms. The topological polar surface area (TPSA) is 75.8 Å². The van der Waals surface area contributed by atoms with Gasteiger partial charge in [-0.2, -0.15) is 5.26 Å². The lowest BCUT2D eigenvalue weighted by Crippen LogP contribution is -2.35. The van der Waals surface area contributed by atoms with Crippen molar-refractivity contribution in [3.8, 4) is 6.07 Å². The van der Waals surface area contributed by atoms with Crippen molar-refractivity contribution in [1.29, 1.82) is 5.26 Å². The molecule has 1 aromatic heterocycles. The van der Waals surface area contributed by atoms with Gasteiger partial charge in [-0.05, 0) is 18.9 Å². The molecule has 0 saturated carbocycles. The molecule has 0 fully saturated rings. The van der Waals surface area contributed by atoms with Gasteiger partial charge in [0.05, 0.1) is 11.8 Å². The largest absolute Gasteiger partial charge is 0.440 e.